The summed E-state index contributed by atoms with van der Waals surface area (Å²) in [5, 5.41) is 14.7. The molecule has 0 spiro atoms. The van der Waals surface area contributed by atoms with Gasteiger partial charge in [0.1, 0.15) is 0 Å². The molecule has 2 aromatic carbocycles. The van der Waals surface area contributed by atoms with Crippen molar-refractivity contribution in [1.29, 1.82) is 0 Å². The molecule has 0 fully saturated rings. The lowest BCUT2D eigenvalue weighted by Gasteiger charge is -2.10. The van der Waals surface area contributed by atoms with Crippen LogP contribution in [0, 0.1) is 0 Å². The number of hydrogen-bond acceptors (Lipinski definition) is 4. The first kappa shape index (κ1) is 15.6. The van der Waals surface area contributed by atoms with Crippen LogP contribution in [-0.2, 0) is 0 Å². The molecule has 0 saturated carbocycles. The van der Waals surface area contributed by atoms with E-state index in [0.717, 1.165) is 9.79 Å². The van der Waals surface area contributed by atoms with Crippen LogP contribution >= 0.6 is 11.8 Å². The van der Waals surface area contributed by atoms with E-state index in [4.69, 9.17) is 0 Å². The fourth-order valence-corrected chi connectivity index (χ4v) is 3.26. The van der Waals surface area contributed by atoms with E-state index in [2.05, 4.69) is 10.6 Å². The van der Waals surface area contributed by atoms with Crippen LogP contribution in [0.25, 0.3) is 0 Å². The van der Waals surface area contributed by atoms with E-state index in [1.807, 2.05) is 24.3 Å². The third kappa shape index (κ3) is 3.38. The van der Waals surface area contributed by atoms with Crippen LogP contribution in [-0.4, -0.2) is 29.6 Å². The van der Waals surface area contributed by atoms with Gasteiger partial charge in [-0.15, -0.1) is 0 Å². The summed E-state index contributed by atoms with van der Waals surface area (Å²) in [5.74, 6) is -0.469. The minimum Gasteiger partial charge on any atom is -0.392 e. The molecule has 0 bridgehead atoms. The molecule has 3 rings (SSSR count). The number of aliphatic hydroxyl groups excluding tert-OH is 1. The zero-order valence-electron chi connectivity index (χ0n) is 12.5. The Labute approximate surface area is 138 Å². The van der Waals surface area contributed by atoms with E-state index in [1.54, 1.807) is 25.1 Å². The van der Waals surface area contributed by atoms with Gasteiger partial charge in [0, 0.05) is 21.9 Å². The van der Waals surface area contributed by atoms with Gasteiger partial charge in [-0.05, 0) is 37.3 Å². The van der Waals surface area contributed by atoms with E-state index in [-0.39, 0.29) is 18.4 Å². The Morgan fingerprint density at radius 3 is 2.83 bits per heavy atom. The average molecular weight is 328 g/mol. The minimum absolute atomic E-state index is 0.183. The summed E-state index contributed by atoms with van der Waals surface area (Å²) >= 11 is 1.49. The maximum Gasteiger partial charge on any atom is 0.256 e. The number of carbonyl (C=O) groups excluding carboxylic acids is 2. The number of fused-ring (bicyclic) bond motifs is 2. The number of hydrogen-bond donors (Lipinski definition) is 3. The summed E-state index contributed by atoms with van der Waals surface area (Å²) in [6.45, 7) is 1.79. The molecule has 5 nitrogen and oxygen atoms in total. The Hall–Kier alpha value is -2.31. The van der Waals surface area contributed by atoms with E-state index in [1.165, 1.54) is 11.8 Å². The predicted octanol–water partition coefficient (Wildman–Crippen LogP) is 2.51. The SMILES string of the molecule is C[C@H](O)CNC(=O)c1ccc2c(c1)NC(=O)c1ccccc1S2. The lowest BCUT2D eigenvalue weighted by Crippen LogP contribution is -2.30. The molecule has 0 saturated heterocycles. The Morgan fingerprint density at radius 1 is 1.26 bits per heavy atom. The zero-order valence-corrected chi connectivity index (χ0v) is 13.3. The molecule has 0 aromatic heterocycles. The first-order valence-corrected chi connectivity index (χ1v) is 8.05. The molecular formula is C17H16N2O3S. The second-order valence-corrected chi connectivity index (χ2v) is 6.41. The van der Waals surface area contributed by atoms with Crippen LogP contribution in [0.15, 0.2) is 52.3 Å². The molecule has 3 N–H and O–H groups in total. The van der Waals surface area contributed by atoms with Gasteiger partial charge in [-0.2, -0.15) is 0 Å². The molecular weight excluding hydrogens is 312 g/mol. The molecule has 0 unspecified atom stereocenters. The van der Waals surface area contributed by atoms with Crippen molar-refractivity contribution in [2.45, 2.75) is 22.8 Å². The van der Waals surface area contributed by atoms with Crippen molar-refractivity contribution in [3.63, 3.8) is 0 Å². The summed E-state index contributed by atoms with van der Waals surface area (Å²) in [5.41, 5.74) is 1.67. The maximum atomic E-state index is 12.3. The minimum atomic E-state index is -0.607. The molecule has 23 heavy (non-hydrogen) atoms. The topological polar surface area (TPSA) is 78.4 Å². The predicted molar refractivity (Wildman–Crippen MR) is 89.0 cm³/mol. The van der Waals surface area contributed by atoms with E-state index in [9.17, 15) is 14.7 Å². The van der Waals surface area contributed by atoms with Crippen molar-refractivity contribution in [1.82, 2.24) is 5.32 Å². The average Bonchev–Trinajstić information content (AvgIpc) is 2.68. The highest BCUT2D eigenvalue weighted by Gasteiger charge is 2.20. The molecule has 0 radical (unpaired) electrons. The van der Waals surface area contributed by atoms with Crippen molar-refractivity contribution >= 4 is 29.3 Å². The van der Waals surface area contributed by atoms with Gasteiger partial charge in [-0.1, -0.05) is 23.9 Å². The van der Waals surface area contributed by atoms with Crippen LogP contribution in [0.2, 0.25) is 0 Å². The molecule has 118 valence electrons. The summed E-state index contributed by atoms with van der Waals surface area (Å²) in [6.07, 6.45) is -0.607. The van der Waals surface area contributed by atoms with Gasteiger partial charge in [0.2, 0.25) is 0 Å². The maximum absolute atomic E-state index is 12.3. The number of carbonyl (C=O) groups is 2. The number of amides is 2. The van der Waals surface area contributed by atoms with Gasteiger partial charge in [0.25, 0.3) is 11.8 Å². The van der Waals surface area contributed by atoms with E-state index < -0.39 is 6.10 Å². The van der Waals surface area contributed by atoms with Crippen LogP contribution in [0.1, 0.15) is 27.6 Å². The normalized spacial score (nSPS) is 14.1. The summed E-state index contributed by atoms with van der Waals surface area (Å²) in [4.78, 5) is 26.2. The first-order valence-electron chi connectivity index (χ1n) is 7.23. The summed E-state index contributed by atoms with van der Waals surface area (Å²) in [6, 6.07) is 12.6. The van der Waals surface area contributed by atoms with Gasteiger partial charge < -0.3 is 15.7 Å². The summed E-state index contributed by atoms with van der Waals surface area (Å²) in [7, 11) is 0. The van der Waals surface area contributed by atoms with Gasteiger partial charge in [0.15, 0.2) is 0 Å². The van der Waals surface area contributed by atoms with Gasteiger partial charge in [-0.3, -0.25) is 9.59 Å². The second-order valence-electron chi connectivity index (χ2n) is 5.32. The lowest BCUT2D eigenvalue weighted by atomic mass is 10.1. The highest BCUT2D eigenvalue weighted by molar-refractivity contribution is 7.99. The fraction of sp³-hybridized carbons (Fsp3) is 0.176. The molecule has 1 heterocycles. The third-order valence-corrected chi connectivity index (χ3v) is 4.55. The van der Waals surface area contributed by atoms with Crippen molar-refractivity contribution in [3.05, 3.63) is 53.6 Å². The van der Waals surface area contributed by atoms with E-state index in [0.29, 0.717) is 16.8 Å². The highest BCUT2D eigenvalue weighted by Crippen LogP contribution is 2.38. The quantitative estimate of drug-likeness (QED) is 0.809. The van der Waals surface area contributed by atoms with E-state index >= 15 is 0 Å². The fourth-order valence-electron chi connectivity index (χ4n) is 2.25. The monoisotopic (exact) mass is 328 g/mol. The molecule has 2 aromatic rings. The number of benzene rings is 2. The number of nitrogens with one attached hydrogen (secondary N) is 2. The number of anilines is 1. The van der Waals surface area contributed by atoms with Gasteiger partial charge in [-0.25, -0.2) is 0 Å². The molecule has 1 atom stereocenters. The largest absolute Gasteiger partial charge is 0.392 e. The highest BCUT2D eigenvalue weighted by atomic mass is 32.2. The Morgan fingerprint density at radius 2 is 2.04 bits per heavy atom. The van der Waals surface area contributed by atoms with Crippen molar-refractivity contribution < 1.29 is 14.7 Å². The lowest BCUT2D eigenvalue weighted by molar-refractivity contribution is 0.0923. The Kier molecular flexibility index (Phi) is 4.36. The third-order valence-electron chi connectivity index (χ3n) is 3.40. The Balaban J connectivity index is 1.89. The van der Waals surface area contributed by atoms with Gasteiger partial charge >= 0.3 is 0 Å². The standard InChI is InChI=1S/C17H16N2O3S/c1-10(20)9-18-16(21)11-6-7-15-13(8-11)19-17(22)12-4-2-3-5-14(12)23-15/h2-8,10,20H,9H2,1H3,(H,18,21)(H,19,22)/t10-/m0/s1. The van der Waals surface area contributed by atoms with Crippen LogP contribution in [0.5, 0.6) is 0 Å². The van der Waals surface area contributed by atoms with Crippen molar-refractivity contribution in [3.8, 4) is 0 Å². The molecule has 6 heteroatoms. The number of aliphatic hydroxyl groups is 1. The molecule has 1 aliphatic heterocycles. The molecule has 0 aliphatic carbocycles. The first-order chi connectivity index (χ1) is 11.0. The van der Waals surface area contributed by atoms with Crippen LogP contribution in [0.3, 0.4) is 0 Å². The van der Waals surface area contributed by atoms with Crippen LogP contribution < -0.4 is 10.6 Å². The number of rotatable bonds is 3. The summed E-state index contributed by atoms with van der Waals surface area (Å²) < 4.78 is 0. The van der Waals surface area contributed by atoms with Gasteiger partial charge in [0.05, 0.1) is 17.4 Å². The second kappa shape index (κ2) is 6.44. The van der Waals surface area contributed by atoms with Crippen LogP contribution in [0.4, 0.5) is 5.69 Å². The smallest absolute Gasteiger partial charge is 0.256 e. The zero-order chi connectivity index (χ0) is 16.4. The van der Waals surface area contributed by atoms with Crippen molar-refractivity contribution in [2.75, 3.05) is 11.9 Å². The Bertz CT molecular complexity index is 774. The molecule has 2 amide bonds. The molecule has 1 aliphatic rings. The van der Waals surface area contributed by atoms with Crippen molar-refractivity contribution in [2.24, 2.45) is 0 Å².